The molecule has 0 spiro atoms. The first kappa shape index (κ1) is 13.0. The number of hydrazine groups is 1. The summed E-state index contributed by atoms with van der Waals surface area (Å²) in [5.74, 6) is 4.62. The largest absolute Gasteiger partial charge is 0.323 e. The maximum Gasteiger partial charge on any atom is 0.257 e. The minimum Gasteiger partial charge on any atom is -0.323 e. The summed E-state index contributed by atoms with van der Waals surface area (Å²) in [6, 6.07) is 11.0. The van der Waals surface area contributed by atoms with Crippen molar-refractivity contribution in [3.63, 3.8) is 0 Å². The molecule has 2 aromatic rings. The first-order valence-corrected chi connectivity index (χ1v) is 5.74. The minimum absolute atomic E-state index is 0.345. The van der Waals surface area contributed by atoms with Crippen LogP contribution in [0, 0.1) is 12.7 Å². The fourth-order valence-electron chi connectivity index (χ4n) is 1.74. The Labute approximate surface area is 110 Å². The maximum atomic E-state index is 13.0. The van der Waals surface area contributed by atoms with Crippen molar-refractivity contribution >= 4 is 17.3 Å². The second-order valence-corrected chi connectivity index (χ2v) is 4.16. The highest BCUT2D eigenvalue weighted by atomic mass is 19.1. The Morgan fingerprint density at radius 1 is 1.21 bits per heavy atom. The van der Waals surface area contributed by atoms with Gasteiger partial charge in [-0.15, -0.1) is 0 Å². The van der Waals surface area contributed by atoms with Gasteiger partial charge in [-0.3, -0.25) is 10.6 Å². The van der Waals surface area contributed by atoms with E-state index in [0.717, 1.165) is 5.56 Å². The Balaban J connectivity index is 2.27. The van der Waals surface area contributed by atoms with Gasteiger partial charge in [0, 0.05) is 5.69 Å². The van der Waals surface area contributed by atoms with E-state index in [-0.39, 0.29) is 5.91 Å². The smallest absolute Gasteiger partial charge is 0.257 e. The number of rotatable bonds is 3. The molecule has 4 N–H and O–H groups in total. The summed E-state index contributed by atoms with van der Waals surface area (Å²) in [6.45, 7) is 1.87. The first-order valence-electron chi connectivity index (χ1n) is 5.74. The Bertz CT molecular complexity index is 613. The summed E-state index contributed by atoms with van der Waals surface area (Å²) in [5.41, 5.74) is 4.72. The van der Waals surface area contributed by atoms with E-state index in [1.807, 2.05) is 13.0 Å². The number of benzene rings is 2. The van der Waals surface area contributed by atoms with E-state index >= 15 is 0 Å². The number of hydrogen-bond acceptors (Lipinski definition) is 3. The molecule has 0 aliphatic heterocycles. The van der Waals surface area contributed by atoms with E-state index in [1.165, 1.54) is 18.2 Å². The standard InChI is InChI=1S/C14H14FN3O/c1-9-5-6-13(18-16)12(7-9)14(19)17-11-4-2-3-10(15)8-11/h2-8,18H,16H2,1H3,(H,17,19). The zero-order chi connectivity index (χ0) is 13.8. The highest BCUT2D eigenvalue weighted by Crippen LogP contribution is 2.18. The fourth-order valence-corrected chi connectivity index (χ4v) is 1.74. The van der Waals surface area contributed by atoms with Crippen molar-refractivity contribution in [2.45, 2.75) is 6.92 Å². The molecule has 0 atom stereocenters. The third-order valence-corrected chi connectivity index (χ3v) is 2.66. The van der Waals surface area contributed by atoms with E-state index in [1.54, 1.807) is 18.2 Å². The van der Waals surface area contributed by atoms with Crippen LogP contribution in [0.2, 0.25) is 0 Å². The summed E-state index contributed by atoms with van der Waals surface area (Å²) < 4.78 is 13.0. The van der Waals surface area contributed by atoms with Gasteiger partial charge in [0.1, 0.15) is 5.82 Å². The molecule has 0 aliphatic rings. The number of nitrogens with one attached hydrogen (secondary N) is 2. The van der Waals surface area contributed by atoms with Crippen molar-refractivity contribution < 1.29 is 9.18 Å². The molecule has 0 fully saturated rings. The Morgan fingerprint density at radius 3 is 2.68 bits per heavy atom. The Hall–Kier alpha value is -2.40. The molecule has 2 aromatic carbocycles. The molecule has 0 radical (unpaired) electrons. The number of anilines is 2. The molecule has 19 heavy (non-hydrogen) atoms. The average molecular weight is 259 g/mol. The quantitative estimate of drug-likeness (QED) is 0.586. The minimum atomic E-state index is -0.404. The van der Waals surface area contributed by atoms with Crippen LogP contribution in [-0.4, -0.2) is 5.91 Å². The number of halogens is 1. The highest BCUT2D eigenvalue weighted by molar-refractivity contribution is 6.08. The summed E-state index contributed by atoms with van der Waals surface area (Å²) in [6.07, 6.45) is 0. The van der Waals surface area contributed by atoms with Crippen molar-refractivity contribution in [3.05, 3.63) is 59.4 Å². The zero-order valence-electron chi connectivity index (χ0n) is 10.4. The molecule has 0 bridgehead atoms. The number of amides is 1. The molecule has 0 saturated heterocycles. The van der Waals surface area contributed by atoms with Crippen LogP contribution in [0.5, 0.6) is 0 Å². The van der Waals surface area contributed by atoms with Gasteiger partial charge >= 0.3 is 0 Å². The third kappa shape index (κ3) is 3.08. The lowest BCUT2D eigenvalue weighted by Crippen LogP contribution is -2.17. The number of carbonyl (C=O) groups excluding carboxylic acids is 1. The second-order valence-electron chi connectivity index (χ2n) is 4.16. The van der Waals surface area contributed by atoms with E-state index in [0.29, 0.717) is 16.9 Å². The molecule has 4 nitrogen and oxygen atoms in total. The van der Waals surface area contributed by atoms with Crippen LogP contribution >= 0.6 is 0 Å². The van der Waals surface area contributed by atoms with Gasteiger partial charge < -0.3 is 10.7 Å². The molecule has 5 heteroatoms. The molecule has 0 aliphatic carbocycles. The maximum absolute atomic E-state index is 13.0. The highest BCUT2D eigenvalue weighted by Gasteiger charge is 2.11. The summed E-state index contributed by atoms with van der Waals surface area (Å²) in [4.78, 5) is 12.1. The SMILES string of the molecule is Cc1ccc(NN)c(C(=O)Nc2cccc(F)c2)c1. The number of nitrogens with two attached hydrogens (primary N) is 1. The van der Waals surface area contributed by atoms with E-state index in [9.17, 15) is 9.18 Å². The average Bonchev–Trinajstić information content (AvgIpc) is 2.38. The molecule has 1 amide bonds. The van der Waals surface area contributed by atoms with Crippen molar-refractivity contribution in [1.82, 2.24) is 0 Å². The predicted octanol–water partition coefficient (Wildman–Crippen LogP) is 2.67. The van der Waals surface area contributed by atoms with Gasteiger partial charge in [0.15, 0.2) is 0 Å². The van der Waals surface area contributed by atoms with Gasteiger partial charge in [-0.25, -0.2) is 4.39 Å². The lowest BCUT2D eigenvalue weighted by molar-refractivity contribution is 0.102. The van der Waals surface area contributed by atoms with Gasteiger partial charge in [0.25, 0.3) is 5.91 Å². The number of aryl methyl sites for hydroxylation is 1. The third-order valence-electron chi connectivity index (χ3n) is 2.66. The molecular weight excluding hydrogens is 245 g/mol. The predicted molar refractivity (Wildman–Crippen MR) is 73.3 cm³/mol. The second kappa shape index (κ2) is 5.49. The molecule has 0 unspecified atom stereocenters. The Kier molecular flexibility index (Phi) is 3.77. The lowest BCUT2D eigenvalue weighted by atomic mass is 10.1. The summed E-state index contributed by atoms with van der Waals surface area (Å²) >= 11 is 0. The van der Waals surface area contributed by atoms with Crippen LogP contribution < -0.4 is 16.6 Å². The molecule has 0 aromatic heterocycles. The first-order chi connectivity index (χ1) is 9.10. The van der Waals surface area contributed by atoms with E-state index in [2.05, 4.69) is 10.7 Å². The van der Waals surface area contributed by atoms with Crippen LogP contribution in [-0.2, 0) is 0 Å². The van der Waals surface area contributed by atoms with Crippen molar-refractivity contribution in [2.24, 2.45) is 5.84 Å². The van der Waals surface area contributed by atoms with Crippen LogP contribution in [0.3, 0.4) is 0 Å². The topological polar surface area (TPSA) is 67.1 Å². The van der Waals surface area contributed by atoms with E-state index in [4.69, 9.17) is 5.84 Å². The van der Waals surface area contributed by atoms with Gasteiger partial charge in [0.2, 0.25) is 0 Å². The van der Waals surface area contributed by atoms with Crippen LogP contribution in [0.25, 0.3) is 0 Å². The van der Waals surface area contributed by atoms with Crippen molar-refractivity contribution in [2.75, 3.05) is 10.7 Å². The molecule has 98 valence electrons. The molecular formula is C14H14FN3O. The Morgan fingerprint density at radius 2 is 2.00 bits per heavy atom. The zero-order valence-corrected chi connectivity index (χ0v) is 10.4. The number of carbonyl (C=O) groups is 1. The summed E-state index contributed by atoms with van der Waals surface area (Å²) in [7, 11) is 0. The molecule has 0 saturated carbocycles. The van der Waals surface area contributed by atoms with Gasteiger partial charge in [-0.2, -0.15) is 0 Å². The number of nitrogen functional groups attached to an aromatic ring is 1. The number of hydrogen-bond donors (Lipinski definition) is 3. The molecule has 2 rings (SSSR count). The monoisotopic (exact) mass is 259 g/mol. The lowest BCUT2D eigenvalue weighted by Gasteiger charge is -2.10. The van der Waals surface area contributed by atoms with Crippen molar-refractivity contribution in [3.8, 4) is 0 Å². The normalized spacial score (nSPS) is 10.1. The van der Waals surface area contributed by atoms with Gasteiger partial charge in [-0.05, 0) is 37.3 Å². The van der Waals surface area contributed by atoms with Crippen LogP contribution in [0.4, 0.5) is 15.8 Å². The van der Waals surface area contributed by atoms with Crippen molar-refractivity contribution in [1.29, 1.82) is 0 Å². The van der Waals surface area contributed by atoms with E-state index < -0.39 is 5.82 Å². The van der Waals surface area contributed by atoms with Gasteiger partial charge in [-0.1, -0.05) is 17.7 Å². The fraction of sp³-hybridized carbons (Fsp3) is 0.0714. The molecule has 0 heterocycles. The summed E-state index contributed by atoms with van der Waals surface area (Å²) in [5, 5.41) is 2.63. The van der Waals surface area contributed by atoms with Crippen LogP contribution in [0.1, 0.15) is 15.9 Å². The van der Waals surface area contributed by atoms with Gasteiger partial charge in [0.05, 0.1) is 11.3 Å². The van der Waals surface area contributed by atoms with Crippen LogP contribution in [0.15, 0.2) is 42.5 Å².